The Morgan fingerprint density at radius 3 is 2.44 bits per heavy atom. The Balaban J connectivity index is 2.85. The van der Waals surface area contributed by atoms with Crippen LogP contribution < -0.4 is 0 Å². The summed E-state index contributed by atoms with van der Waals surface area (Å²) in [6.07, 6.45) is 3.51. The van der Waals surface area contributed by atoms with E-state index in [-0.39, 0.29) is 22.9 Å². The highest BCUT2D eigenvalue weighted by Gasteiger charge is 2.53. The van der Waals surface area contributed by atoms with Crippen LogP contribution in [0.3, 0.4) is 0 Å². The predicted octanol–water partition coefficient (Wildman–Crippen LogP) is 3.57. The second-order valence-electron chi connectivity index (χ2n) is 5.86. The minimum Gasteiger partial charge on any atom is -0.459 e. The van der Waals surface area contributed by atoms with E-state index >= 15 is 0 Å². The smallest absolute Gasteiger partial charge is 0.330 e. The quantitative estimate of drug-likeness (QED) is 0.541. The maximum absolute atomic E-state index is 11.3. The van der Waals surface area contributed by atoms with Gasteiger partial charge >= 0.3 is 5.97 Å². The zero-order valence-electron chi connectivity index (χ0n) is 11.2. The molecule has 0 aromatic carbocycles. The third-order valence-corrected chi connectivity index (χ3v) is 5.16. The van der Waals surface area contributed by atoms with Gasteiger partial charge in [0, 0.05) is 11.5 Å². The molecule has 0 saturated heterocycles. The number of carbonyl (C=O) groups excluding carboxylic acids is 1. The monoisotopic (exact) mass is 224 g/mol. The van der Waals surface area contributed by atoms with Crippen molar-refractivity contribution in [2.75, 3.05) is 0 Å². The van der Waals surface area contributed by atoms with Crippen LogP contribution in [0.25, 0.3) is 0 Å². The molecular weight excluding hydrogens is 200 g/mol. The highest BCUT2D eigenvalue weighted by atomic mass is 16.5. The van der Waals surface area contributed by atoms with Gasteiger partial charge in [-0.25, -0.2) is 4.79 Å². The molecule has 2 nitrogen and oxygen atoms in total. The number of rotatable bonds is 3. The third-order valence-electron chi connectivity index (χ3n) is 5.16. The van der Waals surface area contributed by atoms with Gasteiger partial charge in [-0.2, -0.15) is 0 Å². The lowest BCUT2D eigenvalue weighted by Gasteiger charge is -2.44. The van der Waals surface area contributed by atoms with E-state index in [1.807, 2.05) is 6.92 Å². The van der Waals surface area contributed by atoms with Gasteiger partial charge in [0.2, 0.25) is 0 Å². The lowest BCUT2D eigenvalue weighted by molar-refractivity contribution is -0.153. The van der Waals surface area contributed by atoms with Crippen molar-refractivity contribution in [2.45, 2.75) is 53.6 Å². The fraction of sp³-hybridized carbons (Fsp3) is 0.786. The molecule has 0 aromatic heterocycles. The minimum absolute atomic E-state index is 0.0575. The van der Waals surface area contributed by atoms with Gasteiger partial charge in [-0.3, -0.25) is 0 Å². The maximum atomic E-state index is 11.3. The van der Waals surface area contributed by atoms with Crippen LogP contribution in [0.15, 0.2) is 12.7 Å². The average molecular weight is 224 g/mol. The molecule has 1 fully saturated rings. The van der Waals surface area contributed by atoms with Crippen LogP contribution in [-0.4, -0.2) is 12.1 Å². The van der Waals surface area contributed by atoms with Crippen molar-refractivity contribution in [3.05, 3.63) is 12.7 Å². The highest BCUT2D eigenvalue weighted by molar-refractivity contribution is 5.81. The molecule has 0 aromatic rings. The van der Waals surface area contributed by atoms with Gasteiger partial charge in [-0.15, -0.1) is 0 Å². The first-order valence-corrected chi connectivity index (χ1v) is 6.08. The van der Waals surface area contributed by atoms with Crippen molar-refractivity contribution in [3.8, 4) is 0 Å². The summed E-state index contributed by atoms with van der Waals surface area (Å²) < 4.78 is 5.41. The second kappa shape index (κ2) is 4.23. The van der Waals surface area contributed by atoms with Gasteiger partial charge < -0.3 is 4.74 Å². The molecule has 0 spiro atoms. The number of ether oxygens (including phenoxy) is 1. The molecule has 0 radical (unpaired) electrons. The zero-order valence-corrected chi connectivity index (χ0v) is 11.2. The van der Waals surface area contributed by atoms with E-state index in [1.54, 1.807) is 0 Å². The summed E-state index contributed by atoms with van der Waals surface area (Å²) in [5, 5.41) is 0. The second-order valence-corrected chi connectivity index (χ2v) is 5.86. The third kappa shape index (κ3) is 1.90. The van der Waals surface area contributed by atoms with Gasteiger partial charge in [0.1, 0.15) is 6.10 Å². The predicted molar refractivity (Wildman–Crippen MR) is 66.0 cm³/mol. The lowest BCUT2D eigenvalue weighted by atomic mass is 9.63. The average Bonchev–Trinajstić information content (AvgIpc) is 2.43. The van der Waals surface area contributed by atoms with Crippen molar-refractivity contribution >= 4 is 5.97 Å². The fourth-order valence-corrected chi connectivity index (χ4v) is 2.84. The first kappa shape index (κ1) is 13.3. The molecule has 3 unspecified atom stereocenters. The number of hydrogen-bond donors (Lipinski definition) is 0. The van der Waals surface area contributed by atoms with E-state index < -0.39 is 0 Å². The molecule has 0 amide bonds. The Hall–Kier alpha value is -0.790. The van der Waals surface area contributed by atoms with Crippen LogP contribution in [0.5, 0.6) is 0 Å². The van der Waals surface area contributed by atoms with Crippen molar-refractivity contribution in [2.24, 2.45) is 16.7 Å². The lowest BCUT2D eigenvalue weighted by Crippen LogP contribution is -2.43. The van der Waals surface area contributed by atoms with Crippen LogP contribution in [0.4, 0.5) is 0 Å². The topological polar surface area (TPSA) is 26.3 Å². The van der Waals surface area contributed by atoms with Gasteiger partial charge in [-0.05, 0) is 31.1 Å². The van der Waals surface area contributed by atoms with E-state index in [0.29, 0.717) is 5.92 Å². The zero-order chi connectivity index (χ0) is 12.6. The Bertz CT molecular complexity index is 293. The van der Waals surface area contributed by atoms with Gasteiger partial charge in [0.05, 0.1) is 0 Å². The SMILES string of the molecule is C=CC(=O)OC(C)C1(C)CCC(C)C1(C)C. The van der Waals surface area contributed by atoms with Gasteiger partial charge in [0.25, 0.3) is 0 Å². The number of hydrogen-bond acceptors (Lipinski definition) is 2. The molecule has 1 saturated carbocycles. The van der Waals surface area contributed by atoms with Gasteiger partial charge in [-0.1, -0.05) is 34.3 Å². The van der Waals surface area contributed by atoms with E-state index in [9.17, 15) is 4.79 Å². The summed E-state index contributed by atoms with van der Waals surface area (Å²) >= 11 is 0. The molecule has 2 heteroatoms. The molecule has 0 N–H and O–H groups in total. The number of carbonyl (C=O) groups is 1. The summed E-state index contributed by atoms with van der Waals surface area (Å²) in [6.45, 7) is 14.5. The molecule has 92 valence electrons. The van der Waals surface area contributed by atoms with Crippen LogP contribution in [0, 0.1) is 16.7 Å². The molecule has 3 atom stereocenters. The van der Waals surface area contributed by atoms with E-state index in [0.717, 1.165) is 6.42 Å². The van der Waals surface area contributed by atoms with Crippen molar-refractivity contribution < 1.29 is 9.53 Å². The van der Waals surface area contributed by atoms with E-state index in [1.165, 1.54) is 12.5 Å². The van der Waals surface area contributed by atoms with Crippen LogP contribution in [-0.2, 0) is 9.53 Å². The first-order chi connectivity index (χ1) is 7.25. The Morgan fingerprint density at radius 1 is 1.50 bits per heavy atom. The maximum Gasteiger partial charge on any atom is 0.330 e. The van der Waals surface area contributed by atoms with E-state index in [2.05, 4.69) is 34.3 Å². The summed E-state index contributed by atoms with van der Waals surface area (Å²) in [4.78, 5) is 11.3. The van der Waals surface area contributed by atoms with Crippen LogP contribution >= 0.6 is 0 Å². The van der Waals surface area contributed by atoms with Crippen molar-refractivity contribution in [1.29, 1.82) is 0 Å². The molecule has 0 bridgehead atoms. The standard InChI is InChI=1S/C14H24O2/c1-7-12(15)16-11(3)14(6)9-8-10(2)13(14,4)5/h7,10-11H,1,8-9H2,2-6H3. The van der Waals surface area contributed by atoms with Crippen LogP contribution in [0.1, 0.15) is 47.5 Å². The molecule has 0 heterocycles. The molecular formula is C14H24O2. The summed E-state index contributed by atoms with van der Waals surface area (Å²) in [5.41, 5.74) is 0.263. The van der Waals surface area contributed by atoms with Crippen molar-refractivity contribution in [3.63, 3.8) is 0 Å². The highest BCUT2D eigenvalue weighted by Crippen LogP contribution is 2.58. The van der Waals surface area contributed by atoms with Crippen molar-refractivity contribution in [1.82, 2.24) is 0 Å². The molecule has 16 heavy (non-hydrogen) atoms. The Kier molecular flexibility index (Phi) is 3.51. The van der Waals surface area contributed by atoms with E-state index in [4.69, 9.17) is 4.74 Å². The Labute approximate surface area is 99.1 Å². The number of esters is 1. The summed E-state index contributed by atoms with van der Waals surface area (Å²) in [6, 6.07) is 0. The molecule has 1 rings (SSSR count). The fourth-order valence-electron chi connectivity index (χ4n) is 2.84. The summed E-state index contributed by atoms with van der Waals surface area (Å²) in [5.74, 6) is 0.353. The molecule has 1 aliphatic rings. The summed E-state index contributed by atoms with van der Waals surface area (Å²) in [7, 11) is 0. The molecule has 0 aliphatic heterocycles. The minimum atomic E-state index is -0.316. The van der Waals surface area contributed by atoms with Gasteiger partial charge in [0.15, 0.2) is 0 Å². The largest absolute Gasteiger partial charge is 0.459 e. The van der Waals surface area contributed by atoms with Crippen LogP contribution in [0.2, 0.25) is 0 Å². The normalized spacial score (nSPS) is 34.4. The molecule has 1 aliphatic carbocycles. The first-order valence-electron chi connectivity index (χ1n) is 6.08. The Morgan fingerprint density at radius 2 is 2.06 bits per heavy atom.